The van der Waals surface area contributed by atoms with Crippen LogP contribution in [0.3, 0.4) is 0 Å². The molecular formula is C16H30N4. The second kappa shape index (κ2) is 8.08. The molecule has 0 bridgehead atoms. The Balaban J connectivity index is 3.26. The number of rotatable bonds is 8. The van der Waals surface area contributed by atoms with E-state index in [9.17, 15) is 0 Å². The summed E-state index contributed by atoms with van der Waals surface area (Å²) in [6.45, 7) is 15.9. The minimum Gasteiger partial charge on any atom is -0.370 e. The summed E-state index contributed by atoms with van der Waals surface area (Å²) in [7, 11) is 0. The smallest absolute Gasteiger partial charge is 0.137 e. The number of hydrogen-bond acceptors (Lipinski definition) is 4. The number of anilines is 2. The van der Waals surface area contributed by atoms with Gasteiger partial charge < -0.3 is 10.2 Å². The van der Waals surface area contributed by atoms with Gasteiger partial charge in [-0.3, -0.25) is 0 Å². The fourth-order valence-electron chi connectivity index (χ4n) is 2.29. The van der Waals surface area contributed by atoms with Crippen molar-refractivity contribution in [2.75, 3.05) is 29.9 Å². The maximum atomic E-state index is 4.83. The third-order valence-corrected chi connectivity index (χ3v) is 3.28. The van der Waals surface area contributed by atoms with E-state index in [1.54, 1.807) is 0 Å². The summed E-state index contributed by atoms with van der Waals surface area (Å²) in [5, 5.41) is 3.37. The molecule has 0 aromatic carbocycles. The first-order valence-corrected chi connectivity index (χ1v) is 7.92. The molecule has 1 aromatic heterocycles. The van der Waals surface area contributed by atoms with E-state index in [4.69, 9.17) is 4.98 Å². The van der Waals surface area contributed by atoms with Gasteiger partial charge in [0.25, 0.3) is 0 Å². The van der Waals surface area contributed by atoms with E-state index in [1.807, 2.05) is 0 Å². The minimum absolute atomic E-state index is 0.344. The second-order valence-electron chi connectivity index (χ2n) is 5.55. The summed E-state index contributed by atoms with van der Waals surface area (Å²) >= 11 is 0. The summed E-state index contributed by atoms with van der Waals surface area (Å²) in [5.74, 6) is 3.36. The summed E-state index contributed by atoms with van der Waals surface area (Å²) < 4.78 is 0. The van der Waals surface area contributed by atoms with Crippen LogP contribution in [0, 0.1) is 6.92 Å². The van der Waals surface area contributed by atoms with Crippen LogP contribution in [0.5, 0.6) is 0 Å². The molecule has 0 saturated heterocycles. The van der Waals surface area contributed by atoms with Gasteiger partial charge in [0.05, 0.1) is 0 Å². The highest BCUT2D eigenvalue weighted by Crippen LogP contribution is 2.26. The van der Waals surface area contributed by atoms with Crippen molar-refractivity contribution in [3.63, 3.8) is 0 Å². The monoisotopic (exact) mass is 278 g/mol. The first-order chi connectivity index (χ1) is 9.54. The van der Waals surface area contributed by atoms with Gasteiger partial charge in [-0.25, -0.2) is 9.97 Å². The number of hydrogen-bond donors (Lipinski definition) is 1. The zero-order chi connectivity index (χ0) is 15.1. The Morgan fingerprint density at radius 1 is 1.05 bits per heavy atom. The molecule has 0 amide bonds. The molecule has 0 saturated carbocycles. The summed E-state index contributed by atoms with van der Waals surface area (Å²) in [6.07, 6.45) is 2.27. The van der Waals surface area contributed by atoms with Crippen LogP contribution in [0.2, 0.25) is 0 Å². The van der Waals surface area contributed by atoms with Crippen LogP contribution in [-0.2, 0) is 0 Å². The number of nitrogens with zero attached hydrogens (tertiary/aromatic N) is 3. The summed E-state index contributed by atoms with van der Waals surface area (Å²) in [5.41, 5.74) is 1.16. The highest BCUT2D eigenvalue weighted by Gasteiger charge is 2.17. The van der Waals surface area contributed by atoms with Gasteiger partial charge in [0.1, 0.15) is 17.5 Å². The molecule has 114 valence electrons. The maximum Gasteiger partial charge on any atom is 0.137 e. The molecule has 1 aromatic rings. The zero-order valence-electron chi connectivity index (χ0n) is 14.0. The van der Waals surface area contributed by atoms with E-state index in [1.165, 1.54) is 0 Å². The molecule has 1 heterocycles. The van der Waals surface area contributed by atoms with Gasteiger partial charge >= 0.3 is 0 Å². The van der Waals surface area contributed by atoms with Gasteiger partial charge in [0, 0.05) is 31.1 Å². The molecule has 1 N–H and O–H groups in total. The van der Waals surface area contributed by atoms with Gasteiger partial charge in [0.2, 0.25) is 0 Å². The number of aromatic nitrogens is 2. The predicted molar refractivity (Wildman–Crippen MR) is 87.8 cm³/mol. The molecule has 0 radical (unpaired) electrons. The van der Waals surface area contributed by atoms with Crippen LogP contribution in [0.4, 0.5) is 11.6 Å². The first-order valence-electron chi connectivity index (χ1n) is 7.92. The van der Waals surface area contributed by atoms with Crippen molar-refractivity contribution in [1.29, 1.82) is 0 Å². The molecule has 1 rings (SSSR count). The van der Waals surface area contributed by atoms with Crippen molar-refractivity contribution >= 4 is 11.6 Å². The summed E-state index contributed by atoms with van der Waals surface area (Å²) in [4.78, 5) is 11.9. The Morgan fingerprint density at radius 2 is 1.65 bits per heavy atom. The van der Waals surface area contributed by atoms with E-state index in [-0.39, 0.29) is 0 Å². The van der Waals surface area contributed by atoms with Gasteiger partial charge in [-0.1, -0.05) is 27.7 Å². The standard InChI is InChI=1S/C16H30N4/c1-7-10-20(11-8-2)16-13(6)15(17-9-3)18-14(19-16)12(4)5/h12H,7-11H2,1-6H3,(H,17,18,19). The van der Waals surface area contributed by atoms with E-state index in [2.05, 4.69) is 56.7 Å². The van der Waals surface area contributed by atoms with Crippen LogP contribution >= 0.6 is 0 Å². The molecule has 0 aliphatic rings. The summed E-state index contributed by atoms with van der Waals surface area (Å²) in [6, 6.07) is 0. The Labute approximate surface area is 124 Å². The van der Waals surface area contributed by atoms with Crippen LogP contribution in [0.25, 0.3) is 0 Å². The van der Waals surface area contributed by atoms with E-state index >= 15 is 0 Å². The lowest BCUT2D eigenvalue weighted by Crippen LogP contribution is -2.28. The third-order valence-electron chi connectivity index (χ3n) is 3.28. The largest absolute Gasteiger partial charge is 0.370 e. The Hall–Kier alpha value is -1.32. The fraction of sp³-hybridized carbons (Fsp3) is 0.750. The van der Waals surface area contributed by atoms with Gasteiger partial charge in [-0.15, -0.1) is 0 Å². The lowest BCUT2D eigenvalue weighted by Gasteiger charge is -2.26. The highest BCUT2D eigenvalue weighted by molar-refractivity contribution is 5.58. The normalized spacial score (nSPS) is 10.9. The van der Waals surface area contributed by atoms with Crippen LogP contribution < -0.4 is 10.2 Å². The van der Waals surface area contributed by atoms with E-state index in [0.29, 0.717) is 5.92 Å². The molecule has 4 nitrogen and oxygen atoms in total. The van der Waals surface area contributed by atoms with Crippen LogP contribution in [0.1, 0.15) is 64.8 Å². The first kappa shape index (κ1) is 16.7. The quantitative estimate of drug-likeness (QED) is 0.781. The molecule has 20 heavy (non-hydrogen) atoms. The molecule has 0 aliphatic heterocycles. The average molecular weight is 278 g/mol. The topological polar surface area (TPSA) is 41.1 Å². The maximum absolute atomic E-state index is 4.83. The Bertz CT molecular complexity index is 409. The van der Waals surface area contributed by atoms with Crippen molar-refractivity contribution in [2.45, 2.75) is 60.3 Å². The molecule has 4 heteroatoms. The van der Waals surface area contributed by atoms with Gasteiger partial charge in [-0.05, 0) is 26.7 Å². The highest BCUT2D eigenvalue weighted by atomic mass is 15.2. The second-order valence-corrected chi connectivity index (χ2v) is 5.55. The van der Waals surface area contributed by atoms with Crippen molar-refractivity contribution in [3.05, 3.63) is 11.4 Å². The van der Waals surface area contributed by atoms with E-state index < -0.39 is 0 Å². The molecular weight excluding hydrogens is 248 g/mol. The molecule has 0 aliphatic carbocycles. The average Bonchev–Trinajstić information content (AvgIpc) is 2.41. The van der Waals surface area contributed by atoms with Crippen molar-refractivity contribution < 1.29 is 0 Å². The third kappa shape index (κ3) is 4.09. The Morgan fingerprint density at radius 3 is 2.10 bits per heavy atom. The number of nitrogens with one attached hydrogen (secondary N) is 1. The predicted octanol–water partition coefficient (Wildman–Crippen LogP) is 3.97. The van der Waals surface area contributed by atoms with Crippen molar-refractivity contribution in [1.82, 2.24) is 9.97 Å². The minimum atomic E-state index is 0.344. The zero-order valence-corrected chi connectivity index (χ0v) is 14.0. The SMILES string of the molecule is CCCN(CCC)c1nc(C(C)C)nc(NCC)c1C. The Kier molecular flexibility index (Phi) is 6.76. The fourth-order valence-corrected chi connectivity index (χ4v) is 2.29. The lowest BCUT2D eigenvalue weighted by molar-refractivity contribution is 0.710. The van der Waals surface area contributed by atoms with Gasteiger partial charge in [0.15, 0.2) is 0 Å². The lowest BCUT2D eigenvalue weighted by atomic mass is 10.2. The van der Waals surface area contributed by atoms with Crippen LogP contribution in [-0.4, -0.2) is 29.6 Å². The molecule has 0 spiro atoms. The van der Waals surface area contributed by atoms with Crippen molar-refractivity contribution in [2.24, 2.45) is 0 Å². The van der Waals surface area contributed by atoms with E-state index in [0.717, 1.165) is 55.5 Å². The molecule has 0 fully saturated rings. The van der Waals surface area contributed by atoms with Gasteiger partial charge in [-0.2, -0.15) is 0 Å². The molecule has 0 unspecified atom stereocenters. The van der Waals surface area contributed by atoms with Crippen molar-refractivity contribution in [3.8, 4) is 0 Å². The molecule has 0 atom stereocenters. The van der Waals surface area contributed by atoms with Crippen LogP contribution in [0.15, 0.2) is 0 Å².